The number of nitrogens with one attached hydrogen (secondary N) is 1. The highest BCUT2D eigenvalue weighted by atomic mass is 16.5. The second-order valence-corrected chi connectivity index (χ2v) is 5.38. The molecule has 0 saturated carbocycles. The lowest BCUT2D eigenvalue weighted by Gasteiger charge is -2.13. The average molecular weight is 357 g/mol. The molecule has 0 aromatic heterocycles. The second-order valence-electron chi connectivity index (χ2n) is 5.38. The van der Waals surface area contributed by atoms with Crippen LogP contribution in [-0.2, 0) is 0 Å². The highest BCUT2D eigenvalue weighted by Gasteiger charge is 2.06. The van der Waals surface area contributed by atoms with Gasteiger partial charge in [0.05, 0.1) is 12.8 Å². The van der Waals surface area contributed by atoms with Crippen molar-refractivity contribution in [3.05, 3.63) is 53.6 Å². The molecule has 0 heterocycles. The molecule has 3 N–H and O–H groups in total. The lowest BCUT2D eigenvalue weighted by molar-refractivity contribution is 0.208. The van der Waals surface area contributed by atoms with Gasteiger partial charge >= 0.3 is 6.03 Å². The van der Waals surface area contributed by atoms with E-state index in [9.17, 15) is 4.79 Å². The van der Waals surface area contributed by atoms with Crippen LogP contribution in [0.3, 0.4) is 0 Å². The zero-order chi connectivity index (χ0) is 18.8. The fourth-order valence-corrected chi connectivity index (χ4v) is 2.11. The van der Waals surface area contributed by atoms with Crippen LogP contribution in [0.1, 0.15) is 18.1 Å². The predicted octanol–water partition coefficient (Wildman–Crippen LogP) is 2.85. The van der Waals surface area contributed by atoms with Gasteiger partial charge in [0.2, 0.25) is 0 Å². The van der Waals surface area contributed by atoms with Gasteiger partial charge in [-0.05, 0) is 49.7 Å². The van der Waals surface area contributed by atoms with Crippen LogP contribution in [0.5, 0.6) is 17.2 Å². The van der Waals surface area contributed by atoms with Crippen LogP contribution < -0.4 is 25.4 Å². The van der Waals surface area contributed by atoms with Crippen molar-refractivity contribution in [2.75, 3.05) is 19.8 Å². The van der Waals surface area contributed by atoms with Crippen LogP contribution in [0.2, 0.25) is 0 Å². The summed E-state index contributed by atoms with van der Waals surface area (Å²) >= 11 is 0. The lowest BCUT2D eigenvalue weighted by Crippen LogP contribution is -2.24. The highest BCUT2D eigenvalue weighted by molar-refractivity contribution is 5.82. The highest BCUT2D eigenvalue weighted by Crippen LogP contribution is 2.28. The molecule has 0 aliphatic carbocycles. The number of hydrogen-bond donors (Lipinski definition) is 2. The third kappa shape index (κ3) is 6.35. The fraction of sp³-hybridized carbons (Fsp3) is 0.263. The number of carbonyl (C=O) groups excluding carboxylic acids is 1. The number of benzene rings is 2. The van der Waals surface area contributed by atoms with E-state index in [1.54, 1.807) is 18.2 Å². The first-order chi connectivity index (χ1) is 12.6. The van der Waals surface area contributed by atoms with Gasteiger partial charge in [0.15, 0.2) is 11.5 Å². The molecule has 7 heteroatoms. The average Bonchev–Trinajstić information content (AvgIpc) is 2.61. The molecule has 0 unspecified atom stereocenters. The molecule has 138 valence electrons. The molecule has 2 aromatic carbocycles. The molecule has 2 amide bonds. The van der Waals surface area contributed by atoms with E-state index in [0.717, 1.165) is 11.3 Å². The Kier molecular flexibility index (Phi) is 7.30. The van der Waals surface area contributed by atoms with Gasteiger partial charge in [0.1, 0.15) is 19.0 Å². The number of amides is 2. The molecule has 2 rings (SSSR count). The molecule has 0 radical (unpaired) electrons. The number of nitrogens with two attached hydrogens (primary N) is 1. The molecule has 0 saturated heterocycles. The van der Waals surface area contributed by atoms with Crippen molar-refractivity contribution >= 4 is 12.2 Å². The Morgan fingerprint density at radius 1 is 1.08 bits per heavy atom. The van der Waals surface area contributed by atoms with Gasteiger partial charge in [-0.15, -0.1) is 0 Å². The Hall–Kier alpha value is -3.22. The van der Waals surface area contributed by atoms with E-state index in [1.165, 1.54) is 11.8 Å². The first-order valence-corrected chi connectivity index (χ1v) is 8.26. The van der Waals surface area contributed by atoms with Crippen molar-refractivity contribution < 1.29 is 19.0 Å². The number of urea groups is 1. The summed E-state index contributed by atoms with van der Waals surface area (Å²) in [5, 5.41) is 3.72. The molecule has 0 atom stereocenters. The molecule has 0 spiro atoms. The molecule has 0 aliphatic rings. The number of nitrogens with zero attached hydrogens (tertiary/aromatic N) is 1. The van der Waals surface area contributed by atoms with Gasteiger partial charge in [-0.2, -0.15) is 5.10 Å². The van der Waals surface area contributed by atoms with E-state index in [1.807, 2.05) is 38.1 Å². The summed E-state index contributed by atoms with van der Waals surface area (Å²) in [5.74, 6) is 2.00. The van der Waals surface area contributed by atoms with Gasteiger partial charge in [-0.25, -0.2) is 10.2 Å². The molecule has 0 fully saturated rings. The second kappa shape index (κ2) is 9.93. The Morgan fingerprint density at radius 3 is 2.50 bits per heavy atom. The minimum absolute atomic E-state index is 0.380. The van der Waals surface area contributed by atoms with Gasteiger partial charge in [0, 0.05) is 0 Å². The Morgan fingerprint density at radius 2 is 1.81 bits per heavy atom. The quantitative estimate of drug-likeness (QED) is 0.410. The predicted molar refractivity (Wildman–Crippen MR) is 100 cm³/mol. The van der Waals surface area contributed by atoms with Crippen molar-refractivity contribution in [3.63, 3.8) is 0 Å². The van der Waals surface area contributed by atoms with Crippen LogP contribution >= 0.6 is 0 Å². The van der Waals surface area contributed by atoms with E-state index in [4.69, 9.17) is 19.9 Å². The Balaban J connectivity index is 1.91. The summed E-state index contributed by atoms with van der Waals surface area (Å²) in [7, 11) is 0. The Bertz CT molecular complexity index is 745. The summed E-state index contributed by atoms with van der Waals surface area (Å²) in [6.07, 6.45) is 1.47. The number of rotatable bonds is 9. The summed E-state index contributed by atoms with van der Waals surface area (Å²) in [4.78, 5) is 10.6. The van der Waals surface area contributed by atoms with Gasteiger partial charge < -0.3 is 19.9 Å². The van der Waals surface area contributed by atoms with Crippen LogP contribution in [0.25, 0.3) is 0 Å². The third-order valence-corrected chi connectivity index (χ3v) is 3.29. The van der Waals surface area contributed by atoms with Crippen LogP contribution in [0, 0.1) is 6.92 Å². The molecular weight excluding hydrogens is 334 g/mol. The van der Waals surface area contributed by atoms with Crippen molar-refractivity contribution in [3.8, 4) is 17.2 Å². The van der Waals surface area contributed by atoms with Gasteiger partial charge in [0.25, 0.3) is 0 Å². The SMILES string of the molecule is CCOc1cc(/C=N\NC(N)=O)ccc1OCCOc1ccc(C)cc1. The number of aryl methyl sites for hydroxylation is 1. The van der Waals surface area contributed by atoms with E-state index < -0.39 is 6.03 Å². The summed E-state index contributed by atoms with van der Waals surface area (Å²) < 4.78 is 17.0. The van der Waals surface area contributed by atoms with Crippen molar-refractivity contribution in [2.24, 2.45) is 10.8 Å². The van der Waals surface area contributed by atoms with Crippen LogP contribution in [0.15, 0.2) is 47.6 Å². The minimum Gasteiger partial charge on any atom is -0.490 e. The number of primary amides is 1. The maximum Gasteiger partial charge on any atom is 0.332 e. The smallest absolute Gasteiger partial charge is 0.332 e. The minimum atomic E-state index is -0.722. The summed E-state index contributed by atoms with van der Waals surface area (Å²) in [6.45, 7) is 5.21. The zero-order valence-electron chi connectivity index (χ0n) is 14.9. The molecule has 0 aliphatic heterocycles. The molecule has 0 bridgehead atoms. The monoisotopic (exact) mass is 357 g/mol. The fourth-order valence-electron chi connectivity index (χ4n) is 2.11. The zero-order valence-corrected chi connectivity index (χ0v) is 14.9. The maximum absolute atomic E-state index is 10.6. The van der Waals surface area contributed by atoms with Crippen LogP contribution in [0.4, 0.5) is 4.79 Å². The van der Waals surface area contributed by atoms with E-state index in [2.05, 4.69) is 10.5 Å². The number of carbonyl (C=O) groups is 1. The first kappa shape index (κ1) is 19.1. The molecule has 26 heavy (non-hydrogen) atoms. The number of hydrazone groups is 1. The largest absolute Gasteiger partial charge is 0.490 e. The van der Waals surface area contributed by atoms with E-state index >= 15 is 0 Å². The molecular formula is C19H23N3O4. The molecule has 2 aromatic rings. The summed E-state index contributed by atoms with van der Waals surface area (Å²) in [6, 6.07) is 12.5. The maximum atomic E-state index is 10.6. The van der Waals surface area contributed by atoms with Gasteiger partial charge in [-0.3, -0.25) is 0 Å². The standard InChI is InChI=1S/C19H23N3O4/c1-3-24-18-12-15(13-21-22-19(20)23)6-9-17(18)26-11-10-25-16-7-4-14(2)5-8-16/h4-9,12-13H,3,10-11H2,1-2H3,(H3,20,22,23)/b21-13-. The third-order valence-electron chi connectivity index (χ3n) is 3.29. The van der Waals surface area contributed by atoms with Crippen LogP contribution in [-0.4, -0.2) is 32.1 Å². The van der Waals surface area contributed by atoms with Gasteiger partial charge in [-0.1, -0.05) is 17.7 Å². The Labute approximate surface area is 152 Å². The summed E-state index contributed by atoms with van der Waals surface area (Å²) in [5.41, 5.74) is 9.02. The lowest BCUT2D eigenvalue weighted by atomic mass is 10.2. The number of hydrogen-bond acceptors (Lipinski definition) is 5. The number of ether oxygens (including phenoxy) is 3. The topological polar surface area (TPSA) is 95.2 Å². The van der Waals surface area contributed by atoms with Crippen molar-refractivity contribution in [1.82, 2.24) is 5.43 Å². The van der Waals surface area contributed by atoms with Crippen molar-refractivity contribution in [2.45, 2.75) is 13.8 Å². The van der Waals surface area contributed by atoms with E-state index in [0.29, 0.717) is 31.3 Å². The first-order valence-electron chi connectivity index (χ1n) is 8.26. The van der Waals surface area contributed by atoms with E-state index in [-0.39, 0.29) is 0 Å². The normalized spacial score (nSPS) is 10.5. The van der Waals surface area contributed by atoms with Crippen molar-refractivity contribution in [1.29, 1.82) is 0 Å². The molecule has 7 nitrogen and oxygen atoms in total.